The van der Waals surface area contributed by atoms with Gasteiger partial charge in [0.25, 0.3) is 0 Å². The summed E-state index contributed by atoms with van der Waals surface area (Å²) in [5.74, 6) is 0.871. The molecule has 6 heteroatoms. The lowest BCUT2D eigenvalue weighted by Gasteiger charge is -2.64. The third-order valence-electron chi connectivity index (χ3n) is 9.77. The predicted molar refractivity (Wildman–Crippen MR) is 123 cm³/mol. The molecular formula is C27H32N2O4. The molecule has 2 N–H and O–H groups in total. The summed E-state index contributed by atoms with van der Waals surface area (Å²) in [4.78, 5) is 17.9. The molecule has 0 radical (unpaired) electrons. The average Bonchev–Trinajstić information content (AvgIpc) is 3.33. The molecule has 1 saturated carbocycles. The van der Waals surface area contributed by atoms with Crippen LogP contribution < -0.4 is 4.74 Å². The number of aromatic hydroxyl groups is 1. The number of likely N-dealkylation sites (tertiary alicyclic amines) is 1. The summed E-state index contributed by atoms with van der Waals surface area (Å²) < 4.78 is 6.64. The summed E-state index contributed by atoms with van der Waals surface area (Å²) in [5.41, 5.74) is 2.98. The van der Waals surface area contributed by atoms with Gasteiger partial charge in [-0.2, -0.15) is 0 Å². The SMILES string of the molecule is C=CCN1CC[C@]23c4c5ccc(O)c4O[C@H]2[C@@H](N2CC4=C(CCCC4)C2=O)CC[C@@]3(O)[C@H]1C5. The number of ether oxygens (including phenoxy) is 1. The van der Waals surface area contributed by atoms with Gasteiger partial charge >= 0.3 is 0 Å². The average molecular weight is 449 g/mol. The van der Waals surface area contributed by atoms with Crippen LogP contribution in [0.5, 0.6) is 11.5 Å². The first kappa shape index (κ1) is 20.1. The van der Waals surface area contributed by atoms with Gasteiger partial charge in [0.05, 0.1) is 17.1 Å². The number of amides is 1. The molecular weight excluding hydrogens is 416 g/mol. The molecule has 3 heterocycles. The summed E-state index contributed by atoms with van der Waals surface area (Å²) in [6.07, 6.45) is 8.62. The summed E-state index contributed by atoms with van der Waals surface area (Å²) in [7, 11) is 0. The van der Waals surface area contributed by atoms with Gasteiger partial charge in [0.15, 0.2) is 11.5 Å². The Labute approximate surface area is 194 Å². The van der Waals surface area contributed by atoms with Gasteiger partial charge in [-0.05, 0) is 75.1 Å². The molecule has 1 aromatic rings. The number of nitrogens with zero attached hydrogens (tertiary/aromatic N) is 2. The molecule has 0 aromatic heterocycles. The Kier molecular flexibility index (Phi) is 4.04. The standard InChI is InChI=1S/C27H32N2O4/c1-2-12-28-13-11-26-22-16-7-8-20(30)23(22)33-24(26)19(9-10-27(26,32)21(28)14-16)29-15-17-5-3-4-6-18(17)25(29)31/h2,7-8,19,21,24,30,32H,1,3-6,9-15H2/t19-,21+,24-,26-,27+/m0/s1. The second-order valence-corrected chi connectivity index (χ2v) is 11.0. The first-order valence-corrected chi connectivity index (χ1v) is 12.6. The summed E-state index contributed by atoms with van der Waals surface area (Å²) >= 11 is 0. The molecule has 174 valence electrons. The van der Waals surface area contributed by atoms with E-state index in [0.717, 1.165) is 69.2 Å². The maximum atomic E-state index is 13.5. The molecule has 1 spiro atoms. The number of phenols is 1. The van der Waals surface area contributed by atoms with Crippen molar-refractivity contribution < 1.29 is 19.7 Å². The van der Waals surface area contributed by atoms with Crippen LogP contribution >= 0.6 is 0 Å². The first-order chi connectivity index (χ1) is 16.0. The Morgan fingerprint density at radius 3 is 2.91 bits per heavy atom. The first-order valence-electron chi connectivity index (χ1n) is 12.6. The Balaban J connectivity index is 1.36. The Hall–Kier alpha value is -2.31. The highest BCUT2D eigenvalue weighted by Crippen LogP contribution is 2.66. The van der Waals surface area contributed by atoms with Crippen molar-refractivity contribution in [3.8, 4) is 11.5 Å². The van der Waals surface area contributed by atoms with Gasteiger partial charge in [0, 0.05) is 30.3 Å². The second kappa shape index (κ2) is 6.63. The minimum absolute atomic E-state index is 0.0140. The topological polar surface area (TPSA) is 73.2 Å². The number of rotatable bonds is 3. The van der Waals surface area contributed by atoms with Gasteiger partial charge in [-0.15, -0.1) is 6.58 Å². The molecule has 2 bridgehead atoms. The second-order valence-electron chi connectivity index (χ2n) is 11.0. The Morgan fingerprint density at radius 2 is 2.09 bits per heavy atom. The number of aliphatic hydroxyl groups is 1. The highest BCUT2D eigenvalue weighted by Gasteiger charge is 2.73. The molecule has 6 aliphatic rings. The molecule has 2 fully saturated rings. The van der Waals surface area contributed by atoms with Crippen LogP contribution in [0.3, 0.4) is 0 Å². The number of benzene rings is 1. The molecule has 0 unspecified atom stereocenters. The zero-order valence-electron chi connectivity index (χ0n) is 19.1. The molecule has 3 aliphatic heterocycles. The highest BCUT2D eigenvalue weighted by molar-refractivity contribution is 5.97. The van der Waals surface area contributed by atoms with Crippen molar-refractivity contribution in [1.82, 2.24) is 9.80 Å². The fourth-order valence-corrected chi connectivity index (χ4v) is 8.43. The van der Waals surface area contributed by atoms with Crippen LogP contribution in [0.4, 0.5) is 0 Å². The van der Waals surface area contributed by atoms with Gasteiger partial charge < -0.3 is 19.8 Å². The van der Waals surface area contributed by atoms with Crippen LogP contribution in [0.1, 0.15) is 56.1 Å². The van der Waals surface area contributed by atoms with Gasteiger partial charge in [0.2, 0.25) is 5.91 Å². The van der Waals surface area contributed by atoms with E-state index in [4.69, 9.17) is 4.74 Å². The van der Waals surface area contributed by atoms with E-state index in [1.165, 1.54) is 11.1 Å². The van der Waals surface area contributed by atoms with Crippen molar-refractivity contribution in [3.05, 3.63) is 47.1 Å². The van der Waals surface area contributed by atoms with Crippen molar-refractivity contribution in [2.45, 2.75) is 80.6 Å². The van der Waals surface area contributed by atoms with Gasteiger partial charge in [-0.1, -0.05) is 12.1 Å². The fourth-order valence-electron chi connectivity index (χ4n) is 8.43. The molecule has 3 aliphatic carbocycles. The monoisotopic (exact) mass is 448 g/mol. The van der Waals surface area contributed by atoms with E-state index in [1.54, 1.807) is 6.07 Å². The van der Waals surface area contributed by atoms with E-state index in [2.05, 4.69) is 16.4 Å². The maximum Gasteiger partial charge on any atom is 0.250 e. The molecule has 5 atom stereocenters. The van der Waals surface area contributed by atoms with Crippen molar-refractivity contribution in [2.24, 2.45) is 0 Å². The lowest BCUT2D eigenvalue weighted by Crippen LogP contribution is -2.78. The van der Waals surface area contributed by atoms with Crippen LogP contribution in [0.2, 0.25) is 0 Å². The van der Waals surface area contributed by atoms with Crippen molar-refractivity contribution in [2.75, 3.05) is 19.6 Å². The summed E-state index contributed by atoms with van der Waals surface area (Å²) in [6, 6.07) is 3.64. The van der Waals surface area contributed by atoms with E-state index in [9.17, 15) is 15.0 Å². The lowest BCUT2D eigenvalue weighted by atomic mass is 9.48. The largest absolute Gasteiger partial charge is 0.504 e. The van der Waals surface area contributed by atoms with Gasteiger partial charge in [-0.3, -0.25) is 9.69 Å². The quantitative estimate of drug-likeness (QED) is 0.696. The fraction of sp³-hybridized carbons (Fsp3) is 0.593. The summed E-state index contributed by atoms with van der Waals surface area (Å²) in [6.45, 7) is 6.25. The van der Waals surface area contributed by atoms with Crippen LogP contribution in [-0.2, 0) is 16.6 Å². The molecule has 1 amide bonds. The van der Waals surface area contributed by atoms with Crippen molar-refractivity contribution in [1.29, 1.82) is 0 Å². The number of phenolic OH excluding ortho intramolecular Hbond substituents is 1. The zero-order chi connectivity index (χ0) is 22.5. The minimum atomic E-state index is -0.947. The van der Waals surface area contributed by atoms with Crippen molar-refractivity contribution >= 4 is 5.91 Å². The molecule has 33 heavy (non-hydrogen) atoms. The van der Waals surface area contributed by atoms with E-state index >= 15 is 0 Å². The highest BCUT2D eigenvalue weighted by atomic mass is 16.5. The number of carbonyl (C=O) groups excluding carboxylic acids is 1. The van der Waals surface area contributed by atoms with Crippen LogP contribution in [0.15, 0.2) is 35.9 Å². The molecule has 1 aromatic carbocycles. The van der Waals surface area contributed by atoms with Gasteiger partial charge in [-0.25, -0.2) is 0 Å². The number of piperidine rings is 1. The lowest BCUT2D eigenvalue weighted by molar-refractivity contribution is -0.198. The van der Waals surface area contributed by atoms with E-state index < -0.39 is 11.0 Å². The third kappa shape index (κ3) is 2.29. The van der Waals surface area contributed by atoms with Gasteiger partial charge in [0.1, 0.15) is 6.10 Å². The van der Waals surface area contributed by atoms with Crippen LogP contribution in [0, 0.1) is 0 Å². The van der Waals surface area contributed by atoms with E-state index in [-0.39, 0.29) is 29.8 Å². The molecule has 7 rings (SSSR count). The van der Waals surface area contributed by atoms with E-state index in [1.807, 2.05) is 12.1 Å². The number of hydrogen-bond acceptors (Lipinski definition) is 5. The van der Waals surface area contributed by atoms with Crippen LogP contribution in [-0.4, -0.2) is 69.3 Å². The maximum absolute atomic E-state index is 13.5. The number of carbonyl (C=O) groups is 1. The van der Waals surface area contributed by atoms with Crippen LogP contribution in [0.25, 0.3) is 0 Å². The zero-order valence-corrected chi connectivity index (χ0v) is 19.1. The Bertz CT molecular complexity index is 1110. The minimum Gasteiger partial charge on any atom is -0.504 e. The van der Waals surface area contributed by atoms with Crippen molar-refractivity contribution in [3.63, 3.8) is 0 Å². The molecule has 1 saturated heterocycles. The van der Waals surface area contributed by atoms with E-state index in [0.29, 0.717) is 18.7 Å². The summed E-state index contributed by atoms with van der Waals surface area (Å²) in [5, 5.41) is 23.3. The predicted octanol–water partition coefficient (Wildman–Crippen LogP) is 2.81. The molecule has 6 nitrogen and oxygen atoms in total. The smallest absolute Gasteiger partial charge is 0.250 e. The third-order valence-corrected chi connectivity index (χ3v) is 9.77. The Morgan fingerprint density at radius 1 is 1.24 bits per heavy atom. The number of hydrogen-bond donors (Lipinski definition) is 2. The normalized spacial score (nSPS) is 38.8.